The fourth-order valence-corrected chi connectivity index (χ4v) is 2.81. The van der Waals surface area contributed by atoms with Gasteiger partial charge in [0.05, 0.1) is 5.52 Å². The smallest absolute Gasteiger partial charge is 0.331 e. The van der Waals surface area contributed by atoms with Crippen molar-refractivity contribution in [2.45, 2.75) is 13.8 Å². The van der Waals surface area contributed by atoms with Gasteiger partial charge in [-0.15, -0.1) is 0 Å². The minimum Gasteiger partial charge on any atom is -0.452 e. The number of para-hydroxylation sites is 1. The standard InChI is InChI=1S/C23H21N3O4/c1-15-6-3-10-19(16(15)2)25-23(29)26-20(27)14-30-21(28)12-11-18-8-4-7-17-9-5-13-24-22(17)18/h3-13H,14H2,1-2H3,(H2,25,26,27,29)/b12-11+. The van der Waals surface area contributed by atoms with E-state index in [1.807, 2.05) is 50.2 Å². The number of amides is 3. The number of carbonyl (C=O) groups excluding carboxylic acids is 3. The van der Waals surface area contributed by atoms with Crippen LogP contribution in [-0.4, -0.2) is 29.5 Å². The Labute approximate surface area is 173 Å². The van der Waals surface area contributed by atoms with Crippen molar-refractivity contribution >= 4 is 40.6 Å². The molecule has 0 unspecified atom stereocenters. The highest BCUT2D eigenvalue weighted by molar-refractivity contribution is 6.02. The Morgan fingerprint density at radius 2 is 1.80 bits per heavy atom. The van der Waals surface area contributed by atoms with E-state index >= 15 is 0 Å². The van der Waals surface area contributed by atoms with E-state index in [4.69, 9.17) is 4.74 Å². The Bertz CT molecular complexity index is 1130. The molecule has 0 spiro atoms. The van der Waals surface area contributed by atoms with Gasteiger partial charge in [0.1, 0.15) is 0 Å². The third kappa shape index (κ3) is 5.29. The Morgan fingerprint density at radius 1 is 1.03 bits per heavy atom. The molecule has 3 amide bonds. The molecule has 3 aromatic rings. The van der Waals surface area contributed by atoms with Gasteiger partial charge in [0.15, 0.2) is 6.61 Å². The first-order valence-electron chi connectivity index (χ1n) is 9.29. The number of pyridine rings is 1. The van der Waals surface area contributed by atoms with Crippen molar-refractivity contribution in [1.29, 1.82) is 0 Å². The molecule has 2 aromatic carbocycles. The number of carbonyl (C=O) groups is 3. The molecule has 2 N–H and O–H groups in total. The van der Waals surface area contributed by atoms with Gasteiger partial charge >= 0.3 is 12.0 Å². The van der Waals surface area contributed by atoms with Crippen LogP contribution in [0, 0.1) is 13.8 Å². The number of urea groups is 1. The van der Waals surface area contributed by atoms with Crippen molar-refractivity contribution in [2.24, 2.45) is 0 Å². The molecule has 0 saturated carbocycles. The molecule has 0 radical (unpaired) electrons. The molecule has 0 atom stereocenters. The number of hydrogen-bond donors (Lipinski definition) is 2. The van der Waals surface area contributed by atoms with Crippen molar-refractivity contribution in [2.75, 3.05) is 11.9 Å². The van der Waals surface area contributed by atoms with Crippen LogP contribution in [0.2, 0.25) is 0 Å². The zero-order chi connectivity index (χ0) is 21.5. The number of nitrogens with one attached hydrogen (secondary N) is 2. The highest BCUT2D eigenvalue weighted by Gasteiger charge is 2.11. The first-order valence-corrected chi connectivity index (χ1v) is 9.29. The summed E-state index contributed by atoms with van der Waals surface area (Å²) in [5.74, 6) is -1.43. The van der Waals surface area contributed by atoms with E-state index in [0.29, 0.717) is 5.69 Å². The van der Waals surface area contributed by atoms with Gasteiger partial charge in [-0.3, -0.25) is 15.1 Å². The van der Waals surface area contributed by atoms with E-state index in [2.05, 4.69) is 15.6 Å². The molecule has 0 aliphatic heterocycles. The highest BCUT2D eigenvalue weighted by atomic mass is 16.5. The third-order valence-corrected chi connectivity index (χ3v) is 4.51. The van der Waals surface area contributed by atoms with Crippen LogP contribution in [0.15, 0.2) is 60.8 Å². The number of anilines is 1. The summed E-state index contributed by atoms with van der Waals surface area (Å²) in [6.07, 6.45) is 4.46. The quantitative estimate of drug-likeness (QED) is 0.499. The van der Waals surface area contributed by atoms with Crippen LogP contribution in [0.5, 0.6) is 0 Å². The lowest BCUT2D eigenvalue weighted by Gasteiger charge is -2.10. The molecule has 152 valence electrons. The molecular formula is C23H21N3O4. The molecule has 1 heterocycles. The topological polar surface area (TPSA) is 97.4 Å². The van der Waals surface area contributed by atoms with Gasteiger partial charge in [-0.25, -0.2) is 9.59 Å². The Hall–Kier alpha value is -4.00. The summed E-state index contributed by atoms with van der Waals surface area (Å²) in [6, 6.07) is 14.1. The summed E-state index contributed by atoms with van der Waals surface area (Å²) in [5.41, 5.74) is 4.03. The molecule has 0 aliphatic rings. The number of imide groups is 1. The van der Waals surface area contributed by atoms with Crippen molar-refractivity contribution in [3.63, 3.8) is 0 Å². The second kappa shape index (κ2) is 9.47. The van der Waals surface area contributed by atoms with E-state index in [0.717, 1.165) is 27.6 Å². The van der Waals surface area contributed by atoms with E-state index < -0.39 is 24.5 Å². The first kappa shape index (κ1) is 20.7. The fraction of sp³-hybridized carbons (Fsp3) is 0.130. The molecule has 3 rings (SSSR count). The van der Waals surface area contributed by atoms with Gasteiger partial charge in [0.2, 0.25) is 0 Å². The first-order chi connectivity index (χ1) is 14.4. The third-order valence-electron chi connectivity index (χ3n) is 4.51. The molecule has 7 nitrogen and oxygen atoms in total. The van der Waals surface area contributed by atoms with Crippen molar-refractivity contribution < 1.29 is 19.1 Å². The number of fused-ring (bicyclic) bond motifs is 1. The summed E-state index contributed by atoms with van der Waals surface area (Å²) in [5, 5.41) is 5.68. The van der Waals surface area contributed by atoms with Gasteiger partial charge in [-0.05, 0) is 43.2 Å². The predicted molar refractivity (Wildman–Crippen MR) is 115 cm³/mol. The summed E-state index contributed by atoms with van der Waals surface area (Å²) < 4.78 is 4.89. The number of aryl methyl sites for hydroxylation is 1. The summed E-state index contributed by atoms with van der Waals surface area (Å²) in [7, 11) is 0. The van der Waals surface area contributed by atoms with Gasteiger partial charge in [0.25, 0.3) is 5.91 Å². The van der Waals surface area contributed by atoms with Crippen LogP contribution < -0.4 is 10.6 Å². The molecule has 30 heavy (non-hydrogen) atoms. The average Bonchev–Trinajstić information content (AvgIpc) is 2.74. The molecule has 0 bridgehead atoms. The lowest BCUT2D eigenvalue weighted by Crippen LogP contribution is -2.37. The maximum atomic E-state index is 12.0. The summed E-state index contributed by atoms with van der Waals surface area (Å²) in [6.45, 7) is 3.22. The second-order valence-corrected chi connectivity index (χ2v) is 6.61. The Morgan fingerprint density at radius 3 is 2.63 bits per heavy atom. The molecule has 1 aromatic heterocycles. The number of esters is 1. The van der Waals surface area contributed by atoms with Gasteiger partial charge in [0, 0.05) is 28.9 Å². The number of rotatable bonds is 5. The lowest BCUT2D eigenvalue weighted by molar-refractivity contribution is -0.143. The largest absolute Gasteiger partial charge is 0.452 e. The van der Waals surface area contributed by atoms with Crippen LogP contribution in [0.4, 0.5) is 10.5 Å². The number of nitrogens with zero attached hydrogens (tertiary/aromatic N) is 1. The average molecular weight is 403 g/mol. The number of hydrogen-bond acceptors (Lipinski definition) is 5. The summed E-state index contributed by atoms with van der Waals surface area (Å²) in [4.78, 5) is 40.0. The SMILES string of the molecule is Cc1cccc(NC(=O)NC(=O)COC(=O)/C=C/c2cccc3cccnc23)c1C. The van der Waals surface area contributed by atoms with Gasteiger partial charge in [-0.2, -0.15) is 0 Å². The molecule has 0 saturated heterocycles. The van der Waals surface area contributed by atoms with Crippen LogP contribution in [0.3, 0.4) is 0 Å². The molecule has 0 aliphatic carbocycles. The molecule has 7 heteroatoms. The van der Waals surface area contributed by atoms with Crippen LogP contribution in [0.1, 0.15) is 16.7 Å². The maximum absolute atomic E-state index is 12.0. The maximum Gasteiger partial charge on any atom is 0.331 e. The van der Waals surface area contributed by atoms with Crippen molar-refractivity contribution in [3.8, 4) is 0 Å². The lowest BCUT2D eigenvalue weighted by atomic mass is 10.1. The number of benzene rings is 2. The van der Waals surface area contributed by atoms with Crippen LogP contribution in [0.25, 0.3) is 17.0 Å². The van der Waals surface area contributed by atoms with Crippen molar-refractivity contribution in [3.05, 3.63) is 77.5 Å². The van der Waals surface area contributed by atoms with E-state index in [-0.39, 0.29) is 0 Å². The number of ether oxygens (including phenoxy) is 1. The highest BCUT2D eigenvalue weighted by Crippen LogP contribution is 2.18. The zero-order valence-electron chi connectivity index (χ0n) is 16.6. The monoisotopic (exact) mass is 403 g/mol. The normalized spacial score (nSPS) is 10.7. The fourth-order valence-electron chi connectivity index (χ4n) is 2.81. The Balaban J connectivity index is 1.50. The Kier molecular flexibility index (Phi) is 6.54. The predicted octanol–water partition coefficient (Wildman–Crippen LogP) is 3.76. The summed E-state index contributed by atoms with van der Waals surface area (Å²) >= 11 is 0. The van der Waals surface area contributed by atoms with Crippen molar-refractivity contribution in [1.82, 2.24) is 10.3 Å². The minimum absolute atomic E-state index is 0.572. The molecule has 0 fully saturated rings. The van der Waals surface area contributed by atoms with E-state index in [9.17, 15) is 14.4 Å². The van der Waals surface area contributed by atoms with Gasteiger partial charge < -0.3 is 10.1 Å². The molecular weight excluding hydrogens is 382 g/mol. The zero-order valence-corrected chi connectivity index (χ0v) is 16.6. The van der Waals surface area contributed by atoms with Gasteiger partial charge in [-0.1, -0.05) is 36.4 Å². The van der Waals surface area contributed by atoms with Crippen LogP contribution >= 0.6 is 0 Å². The van der Waals surface area contributed by atoms with E-state index in [1.165, 1.54) is 6.08 Å². The number of aromatic nitrogens is 1. The minimum atomic E-state index is -0.730. The van der Waals surface area contributed by atoms with E-state index in [1.54, 1.807) is 24.4 Å². The second-order valence-electron chi connectivity index (χ2n) is 6.61. The van der Waals surface area contributed by atoms with Crippen LogP contribution in [-0.2, 0) is 14.3 Å².